The van der Waals surface area contributed by atoms with Gasteiger partial charge in [-0.05, 0) is 43.2 Å². The molecule has 2 aromatic carbocycles. The van der Waals surface area contributed by atoms with Gasteiger partial charge in [-0.1, -0.05) is 42.8 Å². The lowest BCUT2D eigenvalue weighted by Gasteiger charge is -2.18. The zero-order chi connectivity index (χ0) is 18.7. The first-order valence-corrected chi connectivity index (χ1v) is 8.81. The Bertz CT molecular complexity index is 875. The lowest BCUT2D eigenvalue weighted by Crippen LogP contribution is -2.32. The molecule has 3 rings (SSSR count). The van der Waals surface area contributed by atoms with Crippen LogP contribution in [-0.2, 0) is 16.0 Å². The fourth-order valence-corrected chi connectivity index (χ4v) is 2.93. The number of para-hydroxylation sites is 2. The predicted octanol–water partition coefficient (Wildman–Crippen LogP) is 4.08. The number of rotatable bonds is 6. The third-order valence-electron chi connectivity index (χ3n) is 4.06. The van der Waals surface area contributed by atoms with E-state index < -0.39 is 11.8 Å². The number of carbonyl (C=O) groups is 2. The summed E-state index contributed by atoms with van der Waals surface area (Å²) in [7, 11) is 0. The molecule has 1 N–H and O–H groups in total. The summed E-state index contributed by atoms with van der Waals surface area (Å²) >= 11 is 6.17. The minimum Gasteiger partial charge on any atom is -0.492 e. The van der Waals surface area contributed by atoms with Crippen LogP contribution in [0.5, 0.6) is 5.75 Å². The molecule has 0 unspecified atom stereocenters. The highest BCUT2D eigenvalue weighted by molar-refractivity contribution is 6.53. The molecule has 0 radical (unpaired) electrons. The molecule has 0 aromatic heterocycles. The van der Waals surface area contributed by atoms with E-state index in [1.54, 1.807) is 24.3 Å². The van der Waals surface area contributed by atoms with Crippen LogP contribution in [0.1, 0.15) is 19.4 Å². The molecular weight excluding hydrogens is 352 g/mol. The average Bonchev–Trinajstić information content (AvgIpc) is 2.87. The van der Waals surface area contributed by atoms with Crippen molar-refractivity contribution in [3.05, 3.63) is 64.8 Å². The maximum Gasteiger partial charge on any atom is 0.283 e. The lowest BCUT2D eigenvalue weighted by molar-refractivity contribution is -0.120. The smallest absolute Gasteiger partial charge is 0.283 e. The van der Waals surface area contributed by atoms with E-state index in [4.69, 9.17) is 16.3 Å². The van der Waals surface area contributed by atoms with Crippen LogP contribution in [0.3, 0.4) is 0 Å². The first kappa shape index (κ1) is 18.0. The lowest BCUT2D eigenvalue weighted by atomic mass is 10.1. The predicted molar refractivity (Wildman–Crippen MR) is 102 cm³/mol. The number of aryl methyl sites for hydroxylation is 1. The highest BCUT2D eigenvalue weighted by Gasteiger charge is 2.40. The molecule has 0 spiro atoms. The van der Waals surface area contributed by atoms with E-state index in [2.05, 4.69) is 12.2 Å². The molecule has 1 aliphatic rings. The summed E-state index contributed by atoms with van der Waals surface area (Å²) in [4.78, 5) is 26.5. The van der Waals surface area contributed by atoms with E-state index in [0.29, 0.717) is 23.7 Å². The van der Waals surface area contributed by atoms with Gasteiger partial charge in [0.25, 0.3) is 11.8 Å². The van der Waals surface area contributed by atoms with E-state index in [0.717, 1.165) is 11.3 Å². The van der Waals surface area contributed by atoms with Crippen molar-refractivity contribution in [3.63, 3.8) is 0 Å². The Kier molecular flexibility index (Phi) is 5.28. The van der Waals surface area contributed by atoms with Crippen molar-refractivity contribution < 1.29 is 14.3 Å². The van der Waals surface area contributed by atoms with Gasteiger partial charge in [0.15, 0.2) is 0 Å². The Labute approximate surface area is 157 Å². The van der Waals surface area contributed by atoms with E-state index in [-0.39, 0.29) is 10.7 Å². The zero-order valence-corrected chi connectivity index (χ0v) is 15.3. The molecule has 0 bridgehead atoms. The van der Waals surface area contributed by atoms with Crippen LogP contribution in [0.2, 0.25) is 0 Å². The van der Waals surface area contributed by atoms with E-state index in [1.807, 2.05) is 31.2 Å². The number of ether oxygens (including phenoxy) is 1. The quantitative estimate of drug-likeness (QED) is 0.778. The van der Waals surface area contributed by atoms with Crippen molar-refractivity contribution in [2.75, 3.05) is 16.8 Å². The minimum absolute atomic E-state index is 0.0622. The molecule has 2 amide bonds. The number of hydrogen-bond donors (Lipinski definition) is 1. The Balaban J connectivity index is 1.90. The number of nitrogens with one attached hydrogen (secondary N) is 1. The summed E-state index contributed by atoms with van der Waals surface area (Å²) in [6.45, 7) is 4.32. The second-order valence-corrected chi connectivity index (χ2v) is 6.09. The largest absolute Gasteiger partial charge is 0.492 e. The van der Waals surface area contributed by atoms with Crippen LogP contribution in [0, 0.1) is 0 Å². The molecule has 6 heteroatoms. The van der Waals surface area contributed by atoms with Crippen LogP contribution >= 0.6 is 11.6 Å². The Morgan fingerprint density at radius 1 is 1.00 bits per heavy atom. The number of carbonyl (C=O) groups excluding carboxylic acids is 2. The van der Waals surface area contributed by atoms with Crippen LogP contribution in [-0.4, -0.2) is 18.4 Å². The van der Waals surface area contributed by atoms with Gasteiger partial charge >= 0.3 is 0 Å². The molecule has 1 aliphatic heterocycles. The second-order valence-electron chi connectivity index (χ2n) is 5.71. The monoisotopic (exact) mass is 370 g/mol. The van der Waals surface area contributed by atoms with Crippen molar-refractivity contribution in [2.24, 2.45) is 0 Å². The Morgan fingerprint density at radius 2 is 1.69 bits per heavy atom. The van der Waals surface area contributed by atoms with Crippen LogP contribution < -0.4 is 15.0 Å². The Morgan fingerprint density at radius 3 is 2.35 bits per heavy atom. The van der Waals surface area contributed by atoms with Gasteiger partial charge in [0.2, 0.25) is 0 Å². The van der Waals surface area contributed by atoms with Gasteiger partial charge in [0.05, 0.1) is 12.3 Å². The number of amides is 2. The number of anilines is 2. The SMILES string of the molecule is CCOc1ccccc1N1C(=O)C(Cl)=C(Nc2ccc(CC)cc2)C1=O. The summed E-state index contributed by atoms with van der Waals surface area (Å²) in [6.07, 6.45) is 0.920. The van der Waals surface area contributed by atoms with Gasteiger partial charge in [-0.25, -0.2) is 4.90 Å². The third kappa shape index (κ3) is 3.30. The maximum absolute atomic E-state index is 12.9. The highest BCUT2D eigenvalue weighted by atomic mass is 35.5. The molecule has 2 aromatic rings. The average molecular weight is 371 g/mol. The summed E-state index contributed by atoms with van der Waals surface area (Å²) in [5, 5.41) is 2.83. The van der Waals surface area contributed by atoms with Gasteiger partial charge in [-0.15, -0.1) is 0 Å². The number of imide groups is 1. The third-order valence-corrected chi connectivity index (χ3v) is 4.42. The standard InChI is InChI=1S/C20H19ClN2O3/c1-3-13-9-11-14(12-10-13)22-18-17(21)19(24)23(20(18)25)15-7-5-6-8-16(15)26-4-2/h5-12,22H,3-4H2,1-2H3. The number of halogens is 1. The Hall–Kier alpha value is -2.79. The molecule has 0 saturated carbocycles. The normalized spacial score (nSPS) is 14.2. The molecule has 0 fully saturated rings. The first-order valence-electron chi connectivity index (χ1n) is 8.43. The van der Waals surface area contributed by atoms with Gasteiger partial charge in [0.1, 0.15) is 16.5 Å². The summed E-state index contributed by atoms with van der Waals surface area (Å²) in [6, 6.07) is 14.5. The minimum atomic E-state index is -0.573. The van der Waals surface area contributed by atoms with Crippen LogP contribution in [0.25, 0.3) is 0 Å². The van der Waals surface area contributed by atoms with E-state index >= 15 is 0 Å². The number of hydrogen-bond acceptors (Lipinski definition) is 4. The molecule has 5 nitrogen and oxygen atoms in total. The van der Waals surface area contributed by atoms with Crippen molar-refractivity contribution in [1.82, 2.24) is 0 Å². The van der Waals surface area contributed by atoms with E-state index in [1.165, 1.54) is 5.56 Å². The van der Waals surface area contributed by atoms with Gasteiger partial charge in [0, 0.05) is 5.69 Å². The molecule has 134 valence electrons. The molecular formula is C20H19ClN2O3. The van der Waals surface area contributed by atoms with Gasteiger partial charge in [-0.2, -0.15) is 0 Å². The molecule has 0 saturated heterocycles. The number of benzene rings is 2. The molecule has 1 heterocycles. The van der Waals surface area contributed by atoms with Crippen LogP contribution in [0.15, 0.2) is 59.3 Å². The highest BCUT2D eigenvalue weighted by Crippen LogP contribution is 2.35. The van der Waals surface area contributed by atoms with Gasteiger partial charge < -0.3 is 10.1 Å². The second kappa shape index (κ2) is 7.62. The maximum atomic E-state index is 12.9. The van der Waals surface area contributed by atoms with Crippen molar-refractivity contribution in [3.8, 4) is 5.75 Å². The van der Waals surface area contributed by atoms with Crippen molar-refractivity contribution >= 4 is 34.8 Å². The van der Waals surface area contributed by atoms with Crippen molar-refractivity contribution in [1.29, 1.82) is 0 Å². The van der Waals surface area contributed by atoms with Gasteiger partial charge in [-0.3, -0.25) is 9.59 Å². The van der Waals surface area contributed by atoms with E-state index in [9.17, 15) is 9.59 Å². The molecule has 26 heavy (non-hydrogen) atoms. The molecule has 0 atom stereocenters. The van der Waals surface area contributed by atoms with Crippen molar-refractivity contribution in [2.45, 2.75) is 20.3 Å². The summed E-state index contributed by atoms with van der Waals surface area (Å²) in [5.41, 5.74) is 2.31. The molecule has 0 aliphatic carbocycles. The topological polar surface area (TPSA) is 58.6 Å². The van der Waals surface area contributed by atoms with Crippen LogP contribution in [0.4, 0.5) is 11.4 Å². The summed E-state index contributed by atoms with van der Waals surface area (Å²) in [5.74, 6) is -0.627. The first-order chi connectivity index (χ1) is 12.6. The fraction of sp³-hybridized carbons (Fsp3) is 0.200. The summed E-state index contributed by atoms with van der Waals surface area (Å²) < 4.78 is 5.53. The number of nitrogens with zero attached hydrogens (tertiary/aromatic N) is 1. The fourth-order valence-electron chi connectivity index (χ4n) is 2.72. The zero-order valence-electron chi connectivity index (χ0n) is 14.6.